The Hall–Kier alpha value is -1.58. The van der Waals surface area contributed by atoms with Gasteiger partial charge in [0.15, 0.2) is 0 Å². The van der Waals surface area contributed by atoms with Gasteiger partial charge in [-0.2, -0.15) is 0 Å². The topological polar surface area (TPSA) is 32.3 Å². The number of hydrogen-bond donors (Lipinski definition) is 1. The first-order chi connectivity index (χ1) is 8.00. The van der Waals surface area contributed by atoms with Crippen LogP contribution < -0.4 is 10.2 Å². The first-order valence-corrected chi connectivity index (χ1v) is 5.84. The van der Waals surface area contributed by atoms with Crippen molar-refractivity contribution in [3.05, 3.63) is 24.0 Å². The summed E-state index contributed by atoms with van der Waals surface area (Å²) in [4.78, 5) is 13.5. The molecule has 17 heavy (non-hydrogen) atoms. The molecule has 1 aliphatic rings. The number of fused-ring (bicyclic) bond motifs is 1. The van der Waals surface area contributed by atoms with Gasteiger partial charge in [0.1, 0.15) is 5.82 Å². The minimum atomic E-state index is -0.318. The van der Waals surface area contributed by atoms with E-state index >= 15 is 0 Å². The summed E-state index contributed by atoms with van der Waals surface area (Å²) in [6, 6.07) is 4.57. The number of rotatable bonds is 1. The van der Waals surface area contributed by atoms with Crippen molar-refractivity contribution in [2.24, 2.45) is 5.92 Å². The second-order valence-corrected chi connectivity index (χ2v) is 4.74. The average molecular weight is 236 g/mol. The largest absolute Gasteiger partial charge is 0.381 e. The van der Waals surface area contributed by atoms with Crippen LogP contribution in [0.25, 0.3) is 0 Å². The van der Waals surface area contributed by atoms with Crippen molar-refractivity contribution >= 4 is 17.3 Å². The number of halogens is 1. The summed E-state index contributed by atoms with van der Waals surface area (Å²) in [6.07, 6.45) is 0. The molecule has 0 radical (unpaired) electrons. The highest BCUT2D eigenvalue weighted by molar-refractivity contribution is 5.97. The molecular weight excluding hydrogens is 219 g/mol. The van der Waals surface area contributed by atoms with Crippen LogP contribution in [-0.2, 0) is 4.79 Å². The van der Waals surface area contributed by atoms with Gasteiger partial charge in [0.2, 0.25) is 5.91 Å². The Morgan fingerprint density at radius 3 is 2.82 bits per heavy atom. The summed E-state index contributed by atoms with van der Waals surface area (Å²) in [5, 5.41) is 3.25. The third-order valence-corrected chi connectivity index (χ3v) is 3.16. The van der Waals surface area contributed by atoms with Crippen molar-refractivity contribution < 1.29 is 9.18 Å². The molecule has 0 unspecified atom stereocenters. The number of amides is 1. The predicted octanol–water partition coefficient (Wildman–Crippen LogP) is 2.63. The Morgan fingerprint density at radius 1 is 1.53 bits per heavy atom. The zero-order valence-electron chi connectivity index (χ0n) is 10.3. The fraction of sp³-hybridized carbons (Fsp3) is 0.462. The van der Waals surface area contributed by atoms with Crippen LogP contribution >= 0.6 is 0 Å². The monoisotopic (exact) mass is 236 g/mol. The Balaban J connectivity index is 2.48. The number of benzene rings is 1. The molecule has 0 fully saturated rings. The maximum Gasteiger partial charge on any atom is 0.224 e. The van der Waals surface area contributed by atoms with E-state index in [1.54, 1.807) is 11.0 Å². The zero-order valence-corrected chi connectivity index (χ0v) is 10.3. The molecule has 1 aliphatic heterocycles. The number of hydrogen-bond acceptors (Lipinski definition) is 2. The van der Waals surface area contributed by atoms with E-state index in [1.165, 1.54) is 19.1 Å². The maximum absolute atomic E-state index is 13.3. The average Bonchev–Trinajstić information content (AvgIpc) is 2.26. The Morgan fingerprint density at radius 2 is 2.24 bits per heavy atom. The first-order valence-electron chi connectivity index (χ1n) is 5.84. The van der Waals surface area contributed by atoms with Gasteiger partial charge >= 0.3 is 0 Å². The molecule has 1 aromatic rings. The predicted molar refractivity (Wildman–Crippen MR) is 66.7 cm³/mol. The van der Waals surface area contributed by atoms with Gasteiger partial charge in [-0.25, -0.2) is 4.39 Å². The molecule has 0 aliphatic carbocycles. The SMILES string of the molecule is CC(=O)N1c2cc(F)ccc2NC[C@@H]1C(C)C. The highest BCUT2D eigenvalue weighted by Crippen LogP contribution is 2.34. The summed E-state index contributed by atoms with van der Waals surface area (Å²) in [5.41, 5.74) is 1.46. The zero-order chi connectivity index (χ0) is 12.6. The van der Waals surface area contributed by atoms with Gasteiger partial charge in [-0.3, -0.25) is 4.79 Å². The lowest BCUT2D eigenvalue weighted by atomic mass is 9.98. The van der Waals surface area contributed by atoms with E-state index in [2.05, 4.69) is 19.2 Å². The van der Waals surface area contributed by atoms with Gasteiger partial charge in [0.05, 0.1) is 17.4 Å². The minimum absolute atomic E-state index is 0.0444. The second-order valence-electron chi connectivity index (χ2n) is 4.74. The van der Waals surface area contributed by atoms with Gasteiger partial charge < -0.3 is 10.2 Å². The second kappa shape index (κ2) is 4.35. The van der Waals surface area contributed by atoms with Crippen molar-refractivity contribution in [3.8, 4) is 0 Å². The summed E-state index contributed by atoms with van der Waals surface area (Å²) >= 11 is 0. The number of nitrogens with one attached hydrogen (secondary N) is 1. The summed E-state index contributed by atoms with van der Waals surface area (Å²) in [5.74, 6) is -0.0407. The number of nitrogens with zero attached hydrogens (tertiary/aromatic N) is 1. The molecule has 0 saturated heterocycles. The standard InChI is InChI=1S/C13H17FN2O/c1-8(2)13-7-15-11-5-4-10(14)6-12(11)16(13)9(3)17/h4-6,8,13,15H,7H2,1-3H3/t13-/m1/s1. The van der Waals surface area contributed by atoms with Crippen LogP contribution in [0.2, 0.25) is 0 Å². The minimum Gasteiger partial charge on any atom is -0.381 e. The van der Waals surface area contributed by atoms with Gasteiger partial charge in [0.25, 0.3) is 0 Å². The summed E-state index contributed by atoms with van der Waals surface area (Å²) < 4.78 is 13.3. The molecule has 1 aromatic carbocycles. The third-order valence-electron chi connectivity index (χ3n) is 3.16. The first kappa shape index (κ1) is 11.9. The van der Waals surface area contributed by atoms with E-state index in [-0.39, 0.29) is 17.8 Å². The molecule has 1 amide bonds. The van der Waals surface area contributed by atoms with Crippen LogP contribution in [0, 0.1) is 11.7 Å². The van der Waals surface area contributed by atoms with Crippen LogP contribution in [0.1, 0.15) is 20.8 Å². The molecule has 0 bridgehead atoms. The molecule has 4 heteroatoms. The fourth-order valence-corrected chi connectivity index (χ4v) is 2.28. The lowest BCUT2D eigenvalue weighted by Gasteiger charge is -2.39. The Kier molecular flexibility index (Phi) is 3.05. The molecule has 1 atom stereocenters. The van der Waals surface area contributed by atoms with E-state index in [1.807, 2.05) is 0 Å². The molecule has 0 aromatic heterocycles. The van der Waals surface area contributed by atoms with Crippen LogP contribution in [0.5, 0.6) is 0 Å². The number of anilines is 2. The summed E-state index contributed by atoms with van der Waals surface area (Å²) in [7, 11) is 0. The van der Waals surface area contributed by atoms with Crippen molar-refractivity contribution in [1.82, 2.24) is 0 Å². The van der Waals surface area contributed by atoms with Crippen molar-refractivity contribution in [2.75, 3.05) is 16.8 Å². The van der Waals surface area contributed by atoms with Crippen molar-refractivity contribution in [3.63, 3.8) is 0 Å². The molecular formula is C13H17FN2O. The molecule has 92 valence electrons. The van der Waals surface area contributed by atoms with E-state index in [4.69, 9.17) is 0 Å². The summed E-state index contributed by atoms with van der Waals surface area (Å²) in [6.45, 7) is 6.35. The lowest BCUT2D eigenvalue weighted by molar-refractivity contribution is -0.117. The van der Waals surface area contributed by atoms with E-state index in [0.29, 0.717) is 18.2 Å². The Labute approximate surface area is 101 Å². The lowest BCUT2D eigenvalue weighted by Crippen LogP contribution is -2.49. The molecule has 0 saturated carbocycles. The smallest absolute Gasteiger partial charge is 0.224 e. The Bertz CT molecular complexity index is 445. The molecule has 0 spiro atoms. The highest BCUT2D eigenvalue weighted by Gasteiger charge is 2.31. The number of carbonyl (C=O) groups excluding carboxylic acids is 1. The molecule has 2 rings (SSSR count). The van der Waals surface area contributed by atoms with Crippen LogP contribution in [0.4, 0.5) is 15.8 Å². The van der Waals surface area contributed by atoms with E-state index in [0.717, 1.165) is 5.69 Å². The van der Waals surface area contributed by atoms with Gasteiger partial charge in [0, 0.05) is 13.5 Å². The van der Waals surface area contributed by atoms with E-state index in [9.17, 15) is 9.18 Å². The fourth-order valence-electron chi connectivity index (χ4n) is 2.28. The highest BCUT2D eigenvalue weighted by atomic mass is 19.1. The molecule has 1 heterocycles. The van der Waals surface area contributed by atoms with Crippen LogP contribution in [0.3, 0.4) is 0 Å². The van der Waals surface area contributed by atoms with E-state index < -0.39 is 0 Å². The normalized spacial score (nSPS) is 18.9. The van der Waals surface area contributed by atoms with Crippen molar-refractivity contribution in [1.29, 1.82) is 0 Å². The molecule has 1 N–H and O–H groups in total. The van der Waals surface area contributed by atoms with Crippen LogP contribution in [0.15, 0.2) is 18.2 Å². The molecule has 3 nitrogen and oxygen atoms in total. The van der Waals surface area contributed by atoms with Crippen molar-refractivity contribution in [2.45, 2.75) is 26.8 Å². The quantitative estimate of drug-likeness (QED) is 0.813. The van der Waals surface area contributed by atoms with Gasteiger partial charge in [-0.15, -0.1) is 0 Å². The third kappa shape index (κ3) is 2.12. The number of carbonyl (C=O) groups is 1. The maximum atomic E-state index is 13.3. The van der Waals surface area contributed by atoms with Crippen LogP contribution in [-0.4, -0.2) is 18.5 Å². The van der Waals surface area contributed by atoms with Gasteiger partial charge in [-0.05, 0) is 24.1 Å². The van der Waals surface area contributed by atoms with Gasteiger partial charge in [-0.1, -0.05) is 13.8 Å².